The second-order valence-corrected chi connectivity index (χ2v) is 2.41. The summed E-state index contributed by atoms with van der Waals surface area (Å²) >= 11 is 0. The molecule has 1 heteroatoms. The van der Waals surface area contributed by atoms with Crippen LogP contribution in [-0.2, 0) is 0 Å². The van der Waals surface area contributed by atoms with Crippen molar-refractivity contribution >= 4 is 5.69 Å². The molecule has 0 amide bonds. The fourth-order valence-electron chi connectivity index (χ4n) is 1.04. The zero-order valence-electron chi connectivity index (χ0n) is 6.31. The van der Waals surface area contributed by atoms with Crippen LogP contribution in [0.3, 0.4) is 0 Å². The van der Waals surface area contributed by atoms with Crippen LogP contribution in [0.5, 0.6) is 0 Å². The number of hydrogen-bond donors (Lipinski definition) is 1. The number of nitrogens with one attached hydrogen (secondary N) is 1. The summed E-state index contributed by atoms with van der Waals surface area (Å²) in [5, 5.41) is 2.66. The van der Waals surface area contributed by atoms with E-state index >= 15 is 0 Å². The van der Waals surface area contributed by atoms with E-state index < -0.39 is 0 Å². The molecule has 0 heterocycles. The van der Waals surface area contributed by atoms with E-state index in [9.17, 15) is 0 Å². The fourth-order valence-corrected chi connectivity index (χ4v) is 1.04. The molecule has 0 bridgehead atoms. The van der Waals surface area contributed by atoms with Crippen molar-refractivity contribution in [2.75, 3.05) is 5.32 Å². The lowest BCUT2D eigenvalue weighted by Gasteiger charge is -2.06. The second-order valence-electron chi connectivity index (χ2n) is 2.41. The second kappa shape index (κ2) is 2.74. The van der Waals surface area contributed by atoms with Gasteiger partial charge in [-0.3, -0.25) is 0 Å². The molecule has 0 unspecified atom stereocenters. The summed E-state index contributed by atoms with van der Waals surface area (Å²) in [5.41, 5.74) is 3.40. The van der Waals surface area contributed by atoms with Gasteiger partial charge < -0.3 is 5.32 Å². The lowest BCUT2D eigenvalue weighted by molar-refractivity contribution is 1.36. The summed E-state index contributed by atoms with van der Waals surface area (Å²) in [6, 6.07) is 6.08. The van der Waals surface area contributed by atoms with E-state index in [2.05, 4.69) is 5.32 Å². The Balaban J connectivity index is 3.17. The van der Waals surface area contributed by atoms with Crippen LogP contribution in [0.15, 0.2) is 18.2 Å². The summed E-state index contributed by atoms with van der Waals surface area (Å²) in [4.78, 5) is 0. The SMILES string of the molecule is [CH]Nc1c(C)cccc1C. The van der Waals surface area contributed by atoms with Gasteiger partial charge in [0, 0.05) is 5.69 Å². The maximum Gasteiger partial charge on any atom is 0.0705 e. The van der Waals surface area contributed by atoms with Crippen molar-refractivity contribution in [1.82, 2.24) is 0 Å². The van der Waals surface area contributed by atoms with Crippen molar-refractivity contribution in [2.45, 2.75) is 13.8 Å². The number of para-hydroxylation sites is 1. The molecule has 52 valence electrons. The minimum absolute atomic E-state index is 1.03. The third-order valence-corrected chi connectivity index (χ3v) is 1.63. The third kappa shape index (κ3) is 1.13. The standard InChI is InChI=1S/C9H11N/c1-7-5-4-6-8(2)9(7)10-3/h3-6,10H,1-2H3. The average Bonchev–Trinajstić information content (AvgIpc) is 1.88. The van der Waals surface area contributed by atoms with Crippen LogP contribution in [0.25, 0.3) is 0 Å². The van der Waals surface area contributed by atoms with Crippen LogP contribution in [0.2, 0.25) is 0 Å². The molecule has 0 aliphatic carbocycles. The predicted molar refractivity (Wildman–Crippen MR) is 43.8 cm³/mol. The number of hydrogen-bond acceptors (Lipinski definition) is 1. The van der Waals surface area contributed by atoms with Crippen LogP contribution >= 0.6 is 0 Å². The van der Waals surface area contributed by atoms with Gasteiger partial charge in [-0.25, -0.2) is 0 Å². The van der Waals surface area contributed by atoms with Crippen molar-refractivity contribution in [3.05, 3.63) is 36.4 Å². The highest BCUT2D eigenvalue weighted by atomic mass is 14.8. The Kier molecular flexibility index (Phi) is 1.95. The van der Waals surface area contributed by atoms with Crippen molar-refractivity contribution in [3.8, 4) is 0 Å². The van der Waals surface area contributed by atoms with Gasteiger partial charge in [-0.05, 0) is 25.0 Å². The predicted octanol–water partition coefficient (Wildman–Crippen LogP) is 2.38. The Hall–Kier alpha value is -0.980. The van der Waals surface area contributed by atoms with Crippen LogP contribution in [0.4, 0.5) is 5.69 Å². The van der Waals surface area contributed by atoms with Gasteiger partial charge in [-0.15, -0.1) is 0 Å². The van der Waals surface area contributed by atoms with Gasteiger partial charge >= 0.3 is 0 Å². The van der Waals surface area contributed by atoms with Crippen molar-refractivity contribution in [3.63, 3.8) is 0 Å². The molecule has 1 nitrogen and oxygen atoms in total. The largest absolute Gasteiger partial charge is 0.378 e. The van der Waals surface area contributed by atoms with Crippen molar-refractivity contribution in [2.24, 2.45) is 0 Å². The Bertz CT molecular complexity index is 208. The molecular formula is C9H11N. The fraction of sp³-hybridized carbons (Fsp3) is 0.222. The molecule has 0 atom stereocenters. The highest BCUT2D eigenvalue weighted by Gasteiger charge is 1.96. The summed E-state index contributed by atoms with van der Waals surface area (Å²) in [6.07, 6.45) is 0. The lowest BCUT2D eigenvalue weighted by Crippen LogP contribution is -1.91. The third-order valence-electron chi connectivity index (χ3n) is 1.63. The van der Waals surface area contributed by atoms with Gasteiger partial charge in [0.2, 0.25) is 0 Å². The van der Waals surface area contributed by atoms with E-state index in [-0.39, 0.29) is 0 Å². The molecule has 0 saturated heterocycles. The first-order valence-electron chi connectivity index (χ1n) is 3.28. The van der Waals surface area contributed by atoms with Crippen molar-refractivity contribution < 1.29 is 0 Å². The molecule has 1 rings (SSSR count). The maximum atomic E-state index is 5.30. The van der Waals surface area contributed by atoms with E-state index in [1.54, 1.807) is 0 Å². The zero-order chi connectivity index (χ0) is 7.56. The minimum atomic E-state index is 1.03. The van der Waals surface area contributed by atoms with Gasteiger partial charge in [0.1, 0.15) is 0 Å². The maximum absolute atomic E-state index is 5.30. The van der Waals surface area contributed by atoms with E-state index in [1.807, 2.05) is 32.0 Å². The molecule has 0 aliphatic heterocycles. The molecule has 0 aliphatic rings. The van der Waals surface area contributed by atoms with Crippen LogP contribution in [-0.4, -0.2) is 0 Å². The summed E-state index contributed by atoms with van der Waals surface area (Å²) in [7, 11) is 5.30. The first kappa shape index (κ1) is 7.13. The molecule has 0 saturated carbocycles. The highest BCUT2D eigenvalue weighted by molar-refractivity contribution is 5.56. The van der Waals surface area contributed by atoms with Crippen LogP contribution < -0.4 is 5.32 Å². The first-order chi connectivity index (χ1) is 4.75. The van der Waals surface area contributed by atoms with Crippen molar-refractivity contribution in [1.29, 1.82) is 0 Å². The number of benzene rings is 1. The van der Waals surface area contributed by atoms with Gasteiger partial charge in [-0.2, -0.15) is 0 Å². The average molecular weight is 133 g/mol. The molecule has 0 aromatic heterocycles. The molecule has 1 N–H and O–H groups in total. The molecule has 0 fully saturated rings. The Labute approximate surface area is 62.1 Å². The van der Waals surface area contributed by atoms with E-state index in [0.717, 1.165) is 5.69 Å². The van der Waals surface area contributed by atoms with Crippen LogP contribution in [0.1, 0.15) is 11.1 Å². The smallest absolute Gasteiger partial charge is 0.0705 e. The Morgan fingerprint density at radius 2 is 1.70 bits per heavy atom. The zero-order valence-corrected chi connectivity index (χ0v) is 6.31. The first-order valence-corrected chi connectivity index (χ1v) is 3.28. The molecule has 2 radical (unpaired) electrons. The van der Waals surface area contributed by atoms with E-state index in [0.29, 0.717) is 0 Å². The normalized spacial score (nSPS) is 9.50. The minimum Gasteiger partial charge on any atom is -0.378 e. The van der Waals surface area contributed by atoms with E-state index in [1.165, 1.54) is 11.1 Å². The molecular weight excluding hydrogens is 122 g/mol. The summed E-state index contributed by atoms with van der Waals surface area (Å²) < 4.78 is 0. The Morgan fingerprint density at radius 1 is 1.20 bits per heavy atom. The number of rotatable bonds is 1. The summed E-state index contributed by atoms with van der Waals surface area (Å²) in [5.74, 6) is 0. The van der Waals surface area contributed by atoms with Gasteiger partial charge in [0.15, 0.2) is 0 Å². The molecule has 1 aromatic carbocycles. The number of aryl methyl sites for hydroxylation is 2. The molecule has 10 heavy (non-hydrogen) atoms. The molecule has 1 aromatic rings. The highest BCUT2D eigenvalue weighted by Crippen LogP contribution is 2.18. The summed E-state index contributed by atoms with van der Waals surface area (Å²) in [6.45, 7) is 4.06. The molecule has 0 spiro atoms. The van der Waals surface area contributed by atoms with Gasteiger partial charge in [0.25, 0.3) is 0 Å². The van der Waals surface area contributed by atoms with Crippen LogP contribution in [0, 0.1) is 20.9 Å². The topological polar surface area (TPSA) is 12.0 Å². The Morgan fingerprint density at radius 3 is 2.00 bits per heavy atom. The van der Waals surface area contributed by atoms with Gasteiger partial charge in [-0.1, -0.05) is 18.2 Å². The monoisotopic (exact) mass is 133 g/mol. The lowest BCUT2D eigenvalue weighted by atomic mass is 10.1. The quantitative estimate of drug-likeness (QED) is 0.580. The van der Waals surface area contributed by atoms with Gasteiger partial charge in [0.05, 0.1) is 7.05 Å². The van der Waals surface area contributed by atoms with E-state index in [4.69, 9.17) is 7.05 Å². The number of anilines is 1.